The van der Waals surface area contributed by atoms with Crippen LogP contribution in [0.1, 0.15) is 36.1 Å². The molecule has 5 heterocycles. The second kappa shape index (κ2) is 14.4. The van der Waals surface area contributed by atoms with Gasteiger partial charge in [0.2, 0.25) is 0 Å². The molecule has 4 aromatic rings. The van der Waals surface area contributed by atoms with Gasteiger partial charge in [0.15, 0.2) is 5.83 Å². The van der Waals surface area contributed by atoms with Gasteiger partial charge in [-0.2, -0.15) is 15.2 Å². The molecule has 2 aromatic heterocycles. The minimum atomic E-state index is -0.884. The standard InChI is InChI=1S/C37H38ClFN8O2/c1-44-16-5-9-28(44)24-49-37-42-32-23-45(33-11-3-8-26-7-2-10-30(38)34(26)33)17-13-29(32)35(43-37)46-18-19-47(27(22-46)12-14-40)36(48)31(39)20-25-6-4-15-41-21-25/h2-4,6-8,10-11,15,20-21,27-28H,5,9,12-13,16-19,22-24H2,1H3/b31-20-. The van der Waals surface area contributed by atoms with Gasteiger partial charge in [-0.15, -0.1) is 0 Å². The number of pyridine rings is 1. The number of aromatic nitrogens is 3. The maximum atomic E-state index is 15.2. The molecule has 1 amide bonds. The first-order valence-electron chi connectivity index (χ1n) is 16.7. The summed E-state index contributed by atoms with van der Waals surface area (Å²) in [5, 5.41) is 12.5. The number of anilines is 2. The van der Waals surface area contributed by atoms with Crippen molar-refractivity contribution in [1.82, 2.24) is 24.8 Å². The number of likely N-dealkylation sites (tertiary alicyclic amines) is 1. The third-order valence-electron chi connectivity index (χ3n) is 9.82. The van der Waals surface area contributed by atoms with E-state index in [1.807, 2.05) is 18.2 Å². The Bertz CT molecular complexity index is 1910. The number of carbonyl (C=O) groups excluding carboxylic acids is 1. The summed E-state index contributed by atoms with van der Waals surface area (Å²) in [5.41, 5.74) is 3.43. The Balaban J connectivity index is 1.18. The Morgan fingerprint density at radius 3 is 2.71 bits per heavy atom. The fourth-order valence-electron chi connectivity index (χ4n) is 7.22. The summed E-state index contributed by atoms with van der Waals surface area (Å²) in [6.07, 6.45) is 7.20. The van der Waals surface area contributed by atoms with Crippen molar-refractivity contribution in [3.05, 3.63) is 88.6 Å². The molecule has 49 heavy (non-hydrogen) atoms. The molecule has 0 aliphatic carbocycles. The summed E-state index contributed by atoms with van der Waals surface area (Å²) in [7, 11) is 2.11. The molecular weight excluding hydrogens is 643 g/mol. The van der Waals surface area contributed by atoms with E-state index in [1.165, 1.54) is 17.2 Å². The normalized spacial score (nSPS) is 20.0. The third kappa shape index (κ3) is 6.89. The number of ether oxygens (including phenoxy) is 1. The predicted molar refractivity (Wildman–Crippen MR) is 188 cm³/mol. The SMILES string of the molecule is CN1CCCC1COc1nc2c(c(N3CCN(C(=O)/C(F)=C/c4cccnc4)C(CC#N)C3)n1)CCN(c1cccc3cccc(Cl)c13)C2. The maximum Gasteiger partial charge on any atom is 0.318 e. The molecule has 2 unspecified atom stereocenters. The largest absolute Gasteiger partial charge is 0.462 e. The van der Waals surface area contributed by atoms with Crippen molar-refractivity contribution in [2.24, 2.45) is 0 Å². The number of hydrogen-bond donors (Lipinski definition) is 0. The molecule has 0 radical (unpaired) electrons. The average molecular weight is 681 g/mol. The number of piperazine rings is 1. The smallest absolute Gasteiger partial charge is 0.318 e. The van der Waals surface area contributed by atoms with E-state index in [0.29, 0.717) is 55.3 Å². The van der Waals surface area contributed by atoms with Gasteiger partial charge in [0.1, 0.15) is 12.4 Å². The van der Waals surface area contributed by atoms with Crippen molar-refractivity contribution in [1.29, 1.82) is 5.26 Å². The molecule has 2 atom stereocenters. The first-order valence-corrected chi connectivity index (χ1v) is 17.1. The van der Waals surface area contributed by atoms with Gasteiger partial charge in [-0.05, 0) is 68.1 Å². The zero-order chi connectivity index (χ0) is 33.9. The van der Waals surface area contributed by atoms with Crippen molar-refractivity contribution < 1.29 is 13.9 Å². The molecular formula is C37H38ClFN8O2. The number of hydrogen-bond acceptors (Lipinski definition) is 9. The van der Waals surface area contributed by atoms with E-state index in [2.05, 4.69) is 51.0 Å². The maximum absolute atomic E-state index is 15.2. The number of likely N-dealkylation sites (N-methyl/N-ethyl adjacent to an activating group) is 1. The topological polar surface area (TPSA) is 102 Å². The Morgan fingerprint density at radius 2 is 1.94 bits per heavy atom. The van der Waals surface area contributed by atoms with E-state index in [-0.39, 0.29) is 13.0 Å². The predicted octanol–water partition coefficient (Wildman–Crippen LogP) is 5.66. The average Bonchev–Trinajstić information content (AvgIpc) is 3.54. The minimum Gasteiger partial charge on any atom is -0.462 e. The van der Waals surface area contributed by atoms with E-state index in [4.69, 9.17) is 26.3 Å². The molecule has 0 bridgehead atoms. The van der Waals surface area contributed by atoms with Gasteiger partial charge < -0.3 is 24.3 Å². The Hall–Kier alpha value is -4.79. The highest BCUT2D eigenvalue weighted by atomic mass is 35.5. The molecule has 0 saturated carbocycles. The van der Waals surface area contributed by atoms with E-state index in [9.17, 15) is 10.1 Å². The van der Waals surface area contributed by atoms with E-state index < -0.39 is 17.8 Å². The molecule has 3 aliphatic rings. The Morgan fingerprint density at radius 1 is 1.08 bits per heavy atom. The second-order valence-corrected chi connectivity index (χ2v) is 13.3. The summed E-state index contributed by atoms with van der Waals surface area (Å²) in [6, 6.07) is 17.8. The lowest BCUT2D eigenvalue weighted by Gasteiger charge is -2.42. The van der Waals surface area contributed by atoms with Crippen LogP contribution in [0.25, 0.3) is 16.8 Å². The summed E-state index contributed by atoms with van der Waals surface area (Å²) in [4.78, 5) is 35.4. The second-order valence-electron chi connectivity index (χ2n) is 12.9. The van der Waals surface area contributed by atoms with Crippen LogP contribution in [0, 0.1) is 11.3 Å². The number of rotatable bonds is 8. The molecule has 2 saturated heterocycles. The number of halogens is 2. The van der Waals surface area contributed by atoms with Crippen molar-refractivity contribution in [2.45, 2.75) is 44.3 Å². The first kappa shape index (κ1) is 32.7. The van der Waals surface area contributed by atoms with Gasteiger partial charge in [0.05, 0.1) is 35.8 Å². The highest BCUT2D eigenvalue weighted by molar-refractivity contribution is 6.36. The van der Waals surface area contributed by atoms with Crippen molar-refractivity contribution in [3.8, 4) is 12.1 Å². The van der Waals surface area contributed by atoms with Crippen LogP contribution in [0.2, 0.25) is 5.02 Å². The summed E-state index contributed by atoms with van der Waals surface area (Å²) >= 11 is 6.72. The Kier molecular flexibility index (Phi) is 9.60. The van der Waals surface area contributed by atoms with Crippen LogP contribution >= 0.6 is 11.6 Å². The van der Waals surface area contributed by atoms with Crippen molar-refractivity contribution in [3.63, 3.8) is 0 Å². The summed E-state index contributed by atoms with van der Waals surface area (Å²) < 4.78 is 21.5. The number of amides is 1. The molecule has 2 aromatic carbocycles. The van der Waals surface area contributed by atoms with Crippen LogP contribution in [0.3, 0.4) is 0 Å². The lowest BCUT2D eigenvalue weighted by molar-refractivity contribution is -0.131. The first-order chi connectivity index (χ1) is 23.9. The molecule has 12 heteroatoms. The van der Waals surface area contributed by atoms with Crippen LogP contribution in [-0.2, 0) is 17.8 Å². The van der Waals surface area contributed by atoms with Gasteiger partial charge in [-0.1, -0.05) is 41.9 Å². The van der Waals surface area contributed by atoms with Crippen molar-refractivity contribution >= 4 is 45.9 Å². The third-order valence-corrected chi connectivity index (χ3v) is 10.1. The quantitative estimate of drug-likeness (QED) is 0.218. The van der Waals surface area contributed by atoms with Gasteiger partial charge in [-0.3, -0.25) is 9.78 Å². The molecule has 10 nitrogen and oxygen atoms in total. The zero-order valence-corrected chi connectivity index (χ0v) is 28.2. The number of nitriles is 1. The zero-order valence-electron chi connectivity index (χ0n) is 27.4. The molecule has 252 valence electrons. The van der Waals surface area contributed by atoms with Crippen LogP contribution in [0.15, 0.2) is 66.8 Å². The van der Waals surface area contributed by atoms with Gasteiger partial charge in [0, 0.05) is 61.3 Å². The lowest BCUT2D eigenvalue weighted by atomic mass is 10.0. The number of benzene rings is 2. The lowest BCUT2D eigenvalue weighted by Crippen LogP contribution is -2.56. The number of carbonyl (C=O) groups is 1. The molecule has 0 spiro atoms. The van der Waals surface area contributed by atoms with Crippen LogP contribution in [0.5, 0.6) is 6.01 Å². The Labute approximate surface area is 290 Å². The summed E-state index contributed by atoms with van der Waals surface area (Å²) in [6.45, 7) is 3.78. The summed E-state index contributed by atoms with van der Waals surface area (Å²) in [5.74, 6) is -0.871. The van der Waals surface area contributed by atoms with Gasteiger partial charge in [0.25, 0.3) is 5.91 Å². The molecule has 0 N–H and O–H groups in total. The van der Waals surface area contributed by atoms with Crippen LogP contribution in [0.4, 0.5) is 15.9 Å². The van der Waals surface area contributed by atoms with Gasteiger partial charge in [-0.25, -0.2) is 4.39 Å². The highest BCUT2D eigenvalue weighted by Gasteiger charge is 2.35. The molecule has 7 rings (SSSR count). The highest BCUT2D eigenvalue weighted by Crippen LogP contribution is 2.37. The number of fused-ring (bicyclic) bond motifs is 2. The van der Waals surface area contributed by atoms with E-state index in [1.54, 1.807) is 18.3 Å². The minimum absolute atomic E-state index is 0.0582. The monoisotopic (exact) mass is 680 g/mol. The molecule has 2 fully saturated rings. The van der Waals surface area contributed by atoms with E-state index in [0.717, 1.165) is 59.5 Å². The van der Waals surface area contributed by atoms with Crippen LogP contribution < -0.4 is 14.5 Å². The van der Waals surface area contributed by atoms with Gasteiger partial charge >= 0.3 is 6.01 Å². The van der Waals surface area contributed by atoms with Crippen molar-refractivity contribution in [2.75, 3.05) is 56.2 Å². The number of nitrogens with zero attached hydrogens (tertiary/aromatic N) is 8. The fourth-order valence-corrected chi connectivity index (χ4v) is 7.50. The molecule has 3 aliphatic heterocycles. The fraction of sp³-hybridized carbons (Fsp3) is 0.378. The van der Waals surface area contributed by atoms with E-state index >= 15 is 4.39 Å². The van der Waals surface area contributed by atoms with Crippen LogP contribution in [-0.4, -0.2) is 89.1 Å².